The first-order valence-corrected chi connectivity index (χ1v) is 10.0. The highest BCUT2D eigenvalue weighted by atomic mass is 32.2. The summed E-state index contributed by atoms with van der Waals surface area (Å²) in [6.45, 7) is 6.13. The van der Waals surface area contributed by atoms with Gasteiger partial charge in [0, 0.05) is 51.5 Å². The minimum absolute atomic E-state index is 0.183. The summed E-state index contributed by atoms with van der Waals surface area (Å²) in [6, 6.07) is 6.65. The van der Waals surface area contributed by atoms with Crippen molar-refractivity contribution in [3.8, 4) is 0 Å². The molecule has 0 saturated carbocycles. The Morgan fingerprint density at radius 2 is 1.89 bits per heavy atom. The Labute approximate surface area is 167 Å². The maximum absolute atomic E-state index is 13.0. The number of piperazine rings is 1. The molecule has 0 aliphatic carbocycles. The Morgan fingerprint density at radius 1 is 1.18 bits per heavy atom. The average Bonchev–Trinajstić information content (AvgIpc) is 3.19. The number of carbonyl (C=O) groups excluding carboxylic acids is 1. The van der Waals surface area contributed by atoms with Crippen molar-refractivity contribution in [3.63, 3.8) is 0 Å². The second-order valence-electron chi connectivity index (χ2n) is 7.04. The molecule has 6 nitrogen and oxygen atoms in total. The maximum Gasteiger partial charge on any atom is 0.286 e. The van der Waals surface area contributed by atoms with E-state index in [0.29, 0.717) is 4.91 Å². The van der Waals surface area contributed by atoms with Gasteiger partial charge >= 0.3 is 0 Å². The minimum atomic E-state index is -0.208. The van der Waals surface area contributed by atoms with Crippen LogP contribution in [-0.2, 0) is 18.4 Å². The van der Waals surface area contributed by atoms with Gasteiger partial charge in [-0.15, -0.1) is 0 Å². The van der Waals surface area contributed by atoms with Crippen LogP contribution in [-0.4, -0.2) is 56.8 Å². The number of thioether (sulfide) groups is 1. The third-order valence-electron chi connectivity index (χ3n) is 4.91. The number of aliphatic imine (C=N–C) groups is 1. The number of amides is 1. The van der Waals surface area contributed by atoms with Crippen LogP contribution in [0.25, 0.3) is 6.08 Å². The van der Waals surface area contributed by atoms with Gasteiger partial charge < -0.3 is 4.90 Å². The van der Waals surface area contributed by atoms with E-state index in [1.807, 2.05) is 38.4 Å². The highest BCUT2D eigenvalue weighted by molar-refractivity contribution is 8.18. The lowest BCUT2D eigenvalue weighted by Gasteiger charge is -2.35. The molecule has 1 aromatic heterocycles. The Bertz CT molecular complexity index is 942. The van der Waals surface area contributed by atoms with Crippen LogP contribution < -0.4 is 0 Å². The summed E-state index contributed by atoms with van der Waals surface area (Å²) in [5, 5.41) is 5.09. The fourth-order valence-electron chi connectivity index (χ4n) is 3.38. The summed E-state index contributed by atoms with van der Waals surface area (Å²) in [5.74, 6) is -0.392. The van der Waals surface area contributed by atoms with Gasteiger partial charge in [0.2, 0.25) is 0 Å². The number of carbonyl (C=O) groups is 1. The van der Waals surface area contributed by atoms with Crippen molar-refractivity contribution < 1.29 is 9.18 Å². The highest BCUT2D eigenvalue weighted by Gasteiger charge is 2.28. The SMILES string of the molecule is Cc1nn(C)cc1C=C1SC(N2CCN(Cc3ccc(F)cc3)CC2)=NC1=O. The average molecular weight is 399 g/mol. The fraction of sp³-hybridized carbons (Fsp3) is 0.350. The third kappa shape index (κ3) is 4.18. The van der Waals surface area contributed by atoms with Crippen LogP contribution in [0.5, 0.6) is 0 Å². The molecule has 0 unspecified atom stereocenters. The van der Waals surface area contributed by atoms with Crippen LogP contribution in [0.2, 0.25) is 0 Å². The van der Waals surface area contributed by atoms with Gasteiger partial charge in [-0.25, -0.2) is 4.39 Å². The van der Waals surface area contributed by atoms with E-state index in [4.69, 9.17) is 0 Å². The number of nitrogens with zero attached hydrogens (tertiary/aromatic N) is 5. The van der Waals surface area contributed by atoms with Gasteiger partial charge in [-0.1, -0.05) is 12.1 Å². The molecular weight excluding hydrogens is 377 g/mol. The van der Waals surface area contributed by atoms with Crippen molar-refractivity contribution in [1.29, 1.82) is 0 Å². The molecule has 0 bridgehead atoms. The lowest BCUT2D eigenvalue weighted by atomic mass is 10.2. The molecule has 2 aliphatic rings. The van der Waals surface area contributed by atoms with Gasteiger partial charge in [-0.05, 0) is 42.5 Å². The molecule has 2 aromatic rings. The molecule has 4 rings (SSSR count). The van der Waals surface area contributed by atoms with Crippen molar-refractivity contribution in [2.24, 2.45) is 12.0 Å². The Hall–Kier alpha value is -2.45. The molecule has 28 heavy (non-hydrogen) atoms. The quantitative estimate of drug-likeness (QED) is 0.743. The Balaban J connectivity index is 1.35. The lowest BCUT2D eigenvalue weighted by molar-refractivity contribution is -0.113. The van der Waals surface area contributed by atoms with E-state index in [2.05, 4.69) is 19.9 Å². The summed E-state index contributed by atoms with van der Waals surface area (Å²) in [5.41, 5.74) is 2.94. The first kappa shape index (κ1) is 18.9. The molecule has 146 valence electrons. The first-order chi connectivity index (χ1) is 13.5. The zero-order valence-corrected chi connectivity index (χ0v) is 16.7. The van der Waals surface area contributed by atoms with Crippen LogP contribution in [0.15, 0.2) is 40.4 Å². The zero-order valence-electron chi connectivity index (χ0n) is 15.9. The first-order valence-electron chi connectivity index (χ1n) is 9.22. The van der Waals surface area contributed by atoms with E-state index >= 15 is 0 Å². The molecule has 0 spiro atoms. The Kier molecular flexibility index (Phi) is 5.32. The predicted octanol–water partition coefficient (Wildman–Crippen LogP) is 2.66. The molecule has 1 amide bonds. The number of halogens is 1. The molecule has 0 atom stereocenters. The number of aromatic nitrogens is 2. The van der Waals surface area contributed by atoms with Crippen molar-refractivity contribution >= 4 is 28.9 Å². The summed E-state index contributed by atoms with van der Waals surface area (Å²) in [6.07, 6.45) is 3.78. The Morgan fingerprint density at radius 3 is 2.54 bits per heavy atom. The second-order valence-corrected chi connectivity index (χ2v) is 8.05. The third-order valence-corrected chi connectivity index (χ3v) is 5.95. The van der Waals surface area contributed by atoms with Crippen molar-refractivity contribution in [2.75, 3.05) is 26.2 Å². The maximum atomic E-state index is 13.0. The van der Waals surface area contributed by atoms with Gasteiger partial charge in [0.05, 0.1) is 10.6 Å². The van der Waals surface area contributed by atoms with Gasteiger partial charge in [-0.3, -0.25) is 14.4 Å². The molecular formula is C20H22FN5OS. The summed E-state index contributed by atoms with van der Waals surface area (Å²) in [7, 11) is 1.87. The van der Waals surface area contributed by atoms with Crippen LogP contribution in [0.1, 0.15) is 16.8 Å². The minimum Gasteiger partial charge on any atom is -0.348 e. The van der Waals surface area contributed by atoms with Gasteiger partial charge in [-0.2, -0.15) is 10.1 Å². The molecule has 2 aliphatic heterocycles. The number of aryl methyl sites for hydroxylation is 2. The standard InChI is InChI=1S/C20H22FN5OS/c1-14-16(13-24(2)23-14)11-18-19(27)22-20(28-18)26-9-7-25(8-10-26)12-15-3-5-17(21)6-4-15/h3-6,11,13H,7-10,12H2,1-2H3. The van der Waals surface area contributed by atoms with E-state index in [0.717, 1.165) is 54.7 Å². The summed E-state index contributed by atoms with van der Waals surface area (Å²) in [4.78, 5) is 21.7. The largest absolute Gasteiger partial charge is 0.348 e. The van der Waals surface area contributed by atoms with Gasteiger partial charge in [0.1, 0.15) is 5.82 Å². The van der Waals surface area contributed by atoms with Crippen molar-refractivity contribution in [1.82, 2.24) is 19.6 Å². The number of amidine groups is 1. The molecule has 0 radical (unpaired) electrons. The van der Waals surface area contributed by atoms with E-state index in [1.165, 1.54) is 23.9 Å². The molecule has 1 fully saturated rings. The van der Waals surface area contributed by atoms with Crippen LogP contribution >= 0.6 is 11.8 Å². The van der Waals surface area contributed by atoms with Crippen molar-refractivity contribution in [2.45, 2.75) is 13.5 Å². The number of rotatable bonds is 3. The zero-order chi connectivity index (χ0) is 19.7. The fourth-order valence-corrected chi connectivity index (χ4v) is 4.34. The van der Waals surface area contributed by atoms with E-state index in [9.17, 15) is 9.18 Å². The predicted molar refractivity (Wildman–Crippen MR) is 109 cm³/mol. The lowest BCUT2D eigenvalue weighted by Crippen LogP contribution is -2.47. The van der Waals surface area contributed by atoms with E-state index in [1.54, 1.807) is 4.68 Å². The summed E-state index contributed by atoms with van der Waals surface area (Å²) < 4.78 is 14.8. The number of benzene rings is 1. The topological polar surface area (TPSA) is 53.7 Å². The molecule has 1 saturated heterocycles. The van der Waals surface area contributed by atoms with Crippen LogP contribution in [0, 0.1) is 12.7 Å². The summed E-state index contributed by atoms with van der Waals surface area (Å²) >= 11 is 1.44. The van der Waals surface area contributed by atoms with Crippen molar-refractivity contribution in [3.05, 3.63) is 58.0 Å². The molecule has 8 heteroatoms. The number of hydrogen-bond donors (Lipinski definition) is 0. The monoisotopic (exact) mass is 399 g/mol. The highest BCUT2D eigenvalue weighted by Crippen LogP contribution is 2.31. The van der Waals surface area contributed by atoms with Gasteiger partial charge in [0.15, 0.2) is 5.17 Å². The smallest absolute Gasteiger partial charge is 0.286 e. The molecule has 1 aromatic carbocycles. The van der Waals surface area contributed by atoms with E-state index in [-0.39, 0.29) is 11.7 Å². The van der Waals surface area contributed by atoms with Gasteiger partial charge in [0.25, 0.3) is 5.91 Å². The normalized spacial score (nSPS) is 19.5. The second kappa shape index (κ2) is 7.89. The van der Waals surface area contributed by atoms with E-state index < -0.39 is 0 Å². The molecule has 3 heterocycles. The van der Waals surface area contributed by atoms with Crippen LogP contribution in [0.3, 0.4) is 0 Å². The van der Waals surface area contributed by atoms with Crippen LogP contribution in [0.4, 0.5) is 4.39 Å². The number of hydrogen-bond acceptors (Lipinski definition) is 5. The molecule has 0 N–H and O–H groups in total.